The molecule has 0 spiro atoms. The molecule has 1 aliphatic carbocycles. The Bertz CT molecular complexity index is 494. The molecule has 0 unspecified atom stereocenters. The third-order valence-electron chi connectivity index (χ3n) is 3.67. The first kappa shape index (κ1) is 9.91. The van der Waals surface area contributed by atoms with Crippen LogP contribution in [0.3, 0.4) is 0 Å². The predicted molar refractivity (Wildman–Crippen MR) is 67.4 cm³/mol. The summed E-state index contributed by atoms with van der Waals surface area (Å²) in [4.78, 5) is 0. The van der Waals surface area contributed by atoms with Crippen LogP contribution in [0, 0.1) is 0 Å². The number of hydrogen-bond donors (Lipinski definition) is 1. The Kier molecular flexibility index (Phi) is 2.44. The van der Waals surface area contributed by atoms with Gasteiger partial charge in [-0.15, -0.1) is 0 Å². The van der Waals surface area contributed by atoms with Gasteiger partial charge in [0.2, 0.25) is 0 Å². The van der Waals surface area contributed by atoms with E-state index in [1.54, 1.807) is 0 Å². The van der Waals surface area contributed by atoms with Crippen molar-refractivity contribution >= 4 is 10.9 Å². The van der Waals surface area contributed by atoms with Crippen LogP contribution in [0.25, 0.3) is 10.9 Å². The normalized spacial score (nSPS) is 16.6. The summed E-state index contributed by atoms with van der Waals surface area (Å²) in [5.41, 5.74) is 2.75. The summed E-state index contributed by atoms with van der Waals surface area (Å²) in [6, 6.07) is 9.38. The number of nitrogens with one attached hydrogen (secondary N) is 1. The first-order valence-electron chi connectivity index (χ1n) is 6.11. The summed E-state index contributed by atoms with van der Waals surface area (Å²) in [6.07, 6.45) is 6.35. The summed E-state index contributed by atoms with van der Waals surface area (Å²) >= 11 is 0. The summed E-state index contributed by atoms with van der Waals surface area (Å²) in [6.45, 7) is 1.01. The summed E-state index contributed by atoms with van der Waals surface area (Å²) in [5.74, 6) is 0. The van der Waals surface area contributed by atoms with Crippen LogP contribution >= 0.6 is 0 Å². The monoisotopic (exact) mass is 214 g/mol. The molecule has 0 aliphatic heterocycles. The van der Waals surface area contributed by atoms with E-state index in [2.05, 4.69) is 47.4 Å². The number of aryl methyl sites for hydroxylation is 1. The minimum absolute atomic E-state index is 0.763. The highest BCUT2D eigenvalue weighted by atomic mass is 15.0. The lowest BCUT2D eigenvalue weighted by atomic mass is 9.93. The van der Waals surface area contributed by atoms with E-state index in [0.717, 1.165) is 12.6 Å². The molecule has 1 aromatic carbocycles. The molecule has 0 radical (unpaired) electrons. The van der Waals surface area contributed by atoms with Gasteiger partial charge in [0.05, 0.1) is 0 Å². The molecule has 0 amide bonds. The Morgan fingerprint density at radius 2 is 2.12 bits per heavy atom. The highest BCUT2D eigenvalue weighted by Crippen LogP contribution is 2.22. The second-order valence-electron chi connectivity index (χ2n) is 4.79. The van der Waals surface area contributed by atoms with Gasteiger partial charge in [-0.2, -0.15) is 0 Å². The summed E-state index contributed by atoms with van der Waals surface area (Å²) in [5, 5.41) is 5.01. The van der Waals surface area contributed by atoms with Crippen LogP contribution in [-0.2, 0) is 13.6 Å². The van der Waals surface area contributed by atoms with Crippen LogP contribution in [0.2, 0.25) is 0 Å². The fourth-order valence-electron chi connectivity index (χ4n) is 2.43. The van der Waals surface area contributed by atoms with Crippen molar-refractivity contribution in [3.8, 4) is 0 Å². The van der Waals surface area contributed by atoms with E-state index in [1.807, 2.05) is 0 Å². The molecule has 3 rings (SSSR count). The molecule has 1 fully saturated rings. The van der Waals surface area contributed by atoms with Crippen molar-refractivity contribution in [1.29, 1.82) is 0 Å². The molecule has 2 aromatic rings. The fraction of sp³-hybridized carbons (Fsp3) is 0.429. The molecule has 1 heterocycles. The molecular weight excluding hydrogens is 196 g/mol. The van der Waals surface area contributed by atoms with Gasteiger partial charge in [0, 0.05) is 36.7 Å². The van der Waals surface area contributed by atoms with Gasteiger partial charge in [0.25, 0.3) is 0 Å². The zero-order valence-electron chi connectivity index (χ0n) is 9.74. The average molecular weight is 214 g/mol. The van der Waals surface area contributed by atoms with E-state index in [9.17, 15) is 0 Å². The van der Waals surface area contributed by atoms with Gasteiger partial charge in [-0.1, -0.05) is 24.6 Å². The lowest BCUT2D eigenvalue weighted by Gasteiger charge is -2.26. The molecule has 1 N–H and O–H groups in total. The topological polar surface area (TPSA) is 17.0 Å². The first-order chi connectivity index (χ1) is 7.84. The van der Waals surface area contributed by atoms with Crippen molar-refractivity contribution < 1.29 is 0 Å². The van der Waals surface area contributed by atoms with E-state index in [1.165, 1.54) is 35.7 Å². The number of nitrogens with zero attached hydrogens (tertiary/aromatic N) is 1. The number of para-hydroxylation sites is 1. The number of hydrogen-bond acceptors (Lipinski definition) is 1. The molecule has 0 atom stereocenters. The van der Waals surface area contributed by atoms with E-state index in [0.29, 0.717) is 0 Å². The van der Waals surface area contributed by atoms with Crippen LogP contribution in [0.15, 0.2) is 30.5 Å². The second kappa shape index (κ2) is 3.95. The van der Waals surface area contributed by atoms with Crippen LogP contribution in [0.4, 0.5) is 0 Å². The Morgan fingerprint density at radius 3 is 2.88 bits per heavy atom. The smallest absolute Gasteiger partial charge is 0.0481 e. The van der Waals surface area contributed by atoms with Crippen LogP contribution in [0.1, 0.15) is 24.8 Å². The molecule has 16 heavy (non-hydrogen) atoms. The van der Waals surface area contributed by atoms with E-state index >= 15 is 0 Å². The fourth-order valence-corrected chi connectivity index (χ4v) is 2.43. The highest BCUT2D eigenvalue weighted by molar-refractivity contribution is 5.83. The largest absolute Gasteiger partial charge is 0.350 e. The molecule has 2 nitrogen and oxygen atoms in total. The second-order valence-corrected chi connectivity index (χ2v) is 4.79. The van der Waals surface area contributed by atoms with E-state index in [-0.39, 0.29) is 0 Å². The first-order valence-corrected chi connectivity index (χ1v) is 6.11. The number of aromatic nitrogens is 1. The third-order valence-corrected chi connectivity index (χ3v) is 3.67. The van der Waals surface area contributed by atoms with Crippen LogP contribution in [-0.4, -0.2) is 10.6 Å². The zero-order chi connectivity index (χ0) is 11.0. The SMILES string of the molecule is Cn1cc(CNC2CCC2)c2ccccc21. The van der Waals surface area contributed by atoms with Crippen LogP contribution < -0.4 is 5.32 Å². The predicted octanol–water partition coefficient (Wildman–Crippen LogP) is 2.82. The summed E-state index contributed by atoms with van der Waals surface area (Å²) < 4.78 is 2.22. The highest BCUT2D eigenvalue weighted by Gasteiger charge is 2.16. The van der Waals surface area contributed by atoms with Crippen molar-refractivity contribution in [2.45, 2.75) is 31.8 Å². The Balaban J connectivity index is 1.85. The lowest BCUT2D eigenvalue weighted by molar-refractivity contribution is 0.338. The Labute approximate surface area is 96.3 Å². The third kappa shape index (κ3) is 1.63. The van der Waals surface area contributed by atoms with Crippen LogP contribution in [0.5, 0.6) is 0 Å². The van der Waals surface area contributed by atoms with Gasteiger partial charge in [-0.05, 0) is 24.5 Å². The maximum Gasteiger partial charge on any atom is 0.0481 e. The van der Waals surface area contributed by atoms with Gasteiger partial charge in [-0.3, -0.25) is 0 Å². The number of fused-ring (bicyclic) bond motifs is 1. The number of rotatable bonds is 3. The molecular formula is C14H18N2. The maximum absolute atomic E-state index is 3.63. The quantitative estimate of drug-likeness (QED) is 0.831. The van der Waals surface area contributed by atoms with Gasteiger partial charge in [-0.25, -0.2) is 0 Å². The molecule has 2 heteroatoms. The van der Waals surface area contributed by atoms with Crippen molar-refractivity contribution in [3.63, 3.8) is 0 Å². The number of benzene rings is 1. The van der Waals surface area contributed by atoms with Gasteiger partial charge in [0.1, 0.15) is 0 Å². The maximum atomic E-state index is 3.63. The molecule has 84 valence electrons. The average Bonchev–Trinajstić information content (AvgIpc) is 2.55. The minimum atomic E-state index is 0.763. The van der Waals surface area contributed by atoms with Gasteiger partial charge >= 0.3 is 0 Å². The van der Waals surface area contributed by atoms with E-state index in [4.69, 9.17) is 0 Å². The standard InChI is InChI=1S/C14H18N2/c1-16-10-11(9-15-12-5-4-6-12)13-7-2-3-8-14(13)16/h2-3,7-8,10,12,15H,4-6,9H2,1H3. The molecule has 1 aromatic heterocycles. The van der Waals surface area contributed by atoms with Gasteiger partial charge < -0.3 is 9.88 Å². The Morgan fingerprint density at radius 1 is 1.31 bits per heavy atom. The molecule has 1 aliphatic rings. The van der Waals surface area contributed by atoms with Gasteiger partial charge in [0.15, 0.2) is 0 Å². The molecule has 0 saturated heterocycles. The minimum Gasteiger partial charge on any atom is -0.350 e. The van der Waals surface area contributed by atoms with Crippen molar-refractivity contribution in [3.05, 3.63) is 36.0 Å². The van der Waals surface area contributed by atoms with E-state index < -0.39 is 0 Å². The molecule has 1 saturated carbocycles. The van der Waals surface area contributed by atoms with Crippen molar-refractivity contribution in [2.24, 2.45) is 7.05 Å². The molecule has 0 bridgehead atoms. The Hall–Kier alpha value is -1.28. The lowest BCUT2D eigenvalue weighted by Crippen LogP contribution is -2.34. The van der Waals surface area contributed by atoms with Crippen molar-refractivity contribution in [1.82, 2.24) is 9.88 Å². The zero-order valence-corrected chi connectivity index (χ0v) is 9.74. The van der Waals surface area contributed by atoms with Crippen molar-refractivity contribution in [2.75, 3.05) is 0 Å². The summed E-state index contributed by atoms with van der Waals surface area (Å²) in [7, 11) is 2.12.